The van der Waals surface area contributed by atoms with Crippen molar-refractivity contribution < 1.29 is 9.90 Å². The van der Waals surface area contributed by atoms with Crippen LogP contribution >= 0.6 is 15.9 Å². The smallest absolute Gasteiger partial charge is 0.254 e. The van der Waals surface area contributed by atoms with Crippen molar-refractivity contribution in [2.24, 2.45) is 0 Å². The Morgan fingerprint density at radius 1 is 1.47 bits per heavy atom. The number of halogens is 1. The summed E-state index contributed by atoms with van der Waals surface area (Å²) in [4.78, 5) is 14.5. The lowest BCUT2D eigenvalue weighted by Crippen LogP contribution is -2.44. The number of aliphatic hydroxyl groups is 1. The number of rotatable bonds is 3. The predicted octanol–water partition coefficient (Wildman–Crippen LogP) is 3.13. The van der Waals surface area contributed by atoms with Crippen LogP contribution in [0, 0.1) is 6.92 Å². The van der Waals surface area contributed by atoms with Gasteiger partial charge in [0.15, 0.2) is 0 Å². The standard InChI is InChI=1S/C15H20BrNO2/c1-11-10-12(5-6-14(11)16)15(19)17-8-3-2-4-13(17)7-9-18/h5-6,10,13,18H,2-4,7-9H2,1H3. The number of carbonyl (C=O) groups excluding carboxylic acids is 1. The van der Waals surface area contributed by atoms with Crippen LogP contribution in [0.15, 0.2) is 22.7 Å². The first kappa shape index (κ1) is 14.5. The Kier molecular flexibility index (Phi) is 4.99. The highest BCUT2D eigenvalue weighted by molar-refractivity contribution is 9.10. The van der Waals surface area contributed by atoms with Gasteiger partial charge in [-0.05, 0) is 56.4 Å². The van der Waals surface area contributed by atoms with Crippen LogP contribution in [-0.4, -0.2) is 35.1 Å². The fourth-order valence-electron chi connectivity index (χ4n) is 2.66. The molecule has 1 unspecified atom stereocenters. The summed E-state index contributed by atoms with van der Waals surface area (Å²) in [6.07, 6.45) is 3.89. The number of benzene rings is 1. The fraction of sp³-hybridized carbons (Fsp3) is 0.533. The number of hydrogen-bond acceptors (Lipinski definition) is 2. The molecule has 104 valence electrons. The minimum Gasteiger partial charge on any atom is -0.396 e. The molecule has 0 spiro atoms. The van der Waals surface area contributed by atoms with E-state index in [1.807, 2.05) is 30.0 Å². The first-order valence-corrected chi connectivity index (χ1v) is 7.60. The largest absolute Gasteiger partial charge is 0.396 e. The van der Waals surface area contributed by atoms with Crippen LogP contribution < -0.4 is 0 Å². The number of hydrogen-bond donors (Lipinski definition) is 1. The maximum atomic E-state index is 12.6. The lowest BCUT2D eigenvalue weighted by molar-refractivity contribution is 0.0574. The Morgan fingerprint density at radius 2 is 2.26 bits per heavy atom. The molecule has 4 heteroatoms. The molecule has 1 aromatic carbocycles. The van der Waals surface area contributed by atoms with Gasteiger partial charge in [0, 0.05) is 29.2 Å². The molecule has 1 N–H and O–H groups in total. The van der Waals surface area contributed by atoms with E-state index < -0.39 is 0 Å². The molecule has 0 aliphatic carbocycles. The van der Waals surface area contributed by atoms with Gasteiger partial charge < -0.3 is 10.0 Å². The molecule has 0 bridgehead atoms. The van der Waals surface area contributed by atoms with E-state index in [0.29, 0.717) is 6.42 Å². The second-order valence-corrected chi connectivity index (χ2v) is 5.98. The van der Waals surface area contributed by atoms with Gasteiger partial charge in [0.1, 0.15) is 0 Å². The van der Waals surface area contributed by atoms with E-state index in [2.05, 4.69) is 15.9 Å². The van der Waals surface area contributed by atoms with Gasteiger partial charge in [-0.1, -0.05) is 15.9 Å². The molecule has 1 amide bonds. The molecule has 19 heavy (non-hydrogen) atoms. The number of amides is 1. The fourth-order valence-corrected chi connectivity index (χ4v) is 2.91. The van der Waals surface area contributed by atoms with Crippen LogP contribution in [0.25, 0.3) is 0 Å². The van der Waals surface area contributed by atoms with E-state index in [9.17, 15) is 4.79 Å². The van der Waals surface area contributed by atoms with Gasteiger partial charge in [-0.3, -0.25) is 4.79 Å². The minimum absolute atomic E-state index is 0.0914. The second kappa shape index (κ2) is 6.53. The highest BCUT2D eigenvalue weighted by atomic mass is 79.9. The number of likely N-dealkylation sites (tertiary alicyclic amines) is 1. The Morgan fingerprint density at radius 3 is 2.95 bits per heavy atom. The highest BCUT2D eigenvalue weighted by Gasteiger charge is 2.27. The first-order chi connectivity index (χ1) is 9.13. The van der Waals surface area contributed by atoms with E-state index in [4.69, 9.17) is 5.11 Å². The summed E-state index contributed by atoms with van der Waals surface area (Å²) in [5, 5.41) is 9.12. The normalized spacial score (nSPS) is 19.5. The molecule has 1 fully saturated rings. The maximum absolute atomic E-state index is 12.6. The quantitative estimate of drug-likeness (QED) is 0.927. The molecule has 0 radical (unpaired) electrons. The third-order valence-electron chi connectivity index (χ3n) is 3.76. The molecule has 3 nitrogen and oxygen atoms in total. The lowest BCUT2D eigenvalue weighted by Gasteiger charge is -2.35. The highest BCUT2D eigenvalue weighted by Crippen LogP contribution is 2.23. The average molecular weight is 326 g/mol. The minimum atomic E-state index is 0.0914. The number of carbonyl (C=O) groups is 1. The molecular formula is C15H20BrNO2. The van der Waals surface area contributed by atoms with Gasteiger partial charge in [-0.2, -0.15) is 0 Å². The van der Waals surface area contributed by atoms with Crippen molar-refractivity contribution >= 4 is 21.8 Å². The summed E-state index contributed by atoms with van der Waals surface area (Å²) in [7, 11) is 0. The van der Waals surface area contributed by atoms with Gasteiger partial charge >= 0.3 is 0 Å². The van der Waals surface area contributed by atoms with Crippen LogP contribution in [0.5, 0.6) is 0 Å². The molecule has 1 aromatic rings. The van der Waals surface area contributed by atoms with E-state index in [-0.39, 0.29) is 18.6 Å². The zero-order valence-electron chi connectivity index (χ0n) is 11.2. The monoisotopic (exact) mass is 325 g/mol. The molecule has 0 aromatic heterocycles. The zero-order chi connectivity index (χ0) is 13.8. The first-order valence-electron chi connectivity index (χ1n) is 6.81. The summed E-state index contributed by atoms with van der Waals surface area (Å²) in [6.45, 7) is 2.94. The predicted molar refractivity (Wildman–Crippen MR) is 79.3 cm³/mol. The Hall–Kier alpha value is -0.870. The van der Waals surface area contributed by atoms with Gasteiger partial charge in [-0.15, -0.1) is 0 Å². The summed E-state index contributed by atoms with van der Waals surface area (Å²) in [6, 6.07) is 5.91. The van der Waals surface area contributed by atoms with Crippen molar-refractivity contribution in [3.05, 3.63) is 33.8 Å². The van der Waals surface area contributed by atoms with Gasteiger partial charge in [-0.25, -0.2) is 0 Å². The van der Waals surface area contributed by atoms with E-state index in [1.54, 1.807) is 0 Å². The van der Waals surface area contributed by atoms with Crippen molar-refractivity contribution in [3.8, 4) is 0 Å². The molecule has 1 saturated heterocycles. The zero-order valence-corrected chi connectivity index (χ0v) is 12.8. The van der Waals surface area contributed by atoms with E-state index in [1.165, 1.54) is 0 Å². The molecular weight excluding hydrogens is 306 g/mol. The summed E-state index contributed by atoms with van der Waals surface area (Å²) >= 11 is 3.45. The number of piperidine rings is 1. The number of aryl methyl sites for hydroxylation is 1. The van der Waals surface area contributed by atoms with Crippen LogP contribution in [0.4, 0.5) is 0 Å². The van der Waals surface area contributed by atoms with Gasteiger partial charge in [0.05, 0.1) is 0 Å². The number of nitrogens with zero attached hydrogens (tertiary/aromatic N) is 1. The molecule has 1 heterocycles. The van der Waals surface area contributed by atoms with E-state index >= 15 is 0 Å². The van der Waals surface area contributed by atoms with Crippen molar-refractivity contribution in [3.63, 3.8) is 0 Å². The Bertz CT molecular complexity index is 459. The third-order valence-corrected chi connectivity index (χ3v) is 4.64. The van der Waals surface area contributed by atoms with Gasteiger partial charge in [0.25, 0.3) is 5.91 Å². The number of aliphatic hydroxyl groups excluding tert-OH is 1. The van der Waals surface area contributed by atoms with Crippen molar-refractivity contribution in [1.82, 2.24) is 4.90 Å². The second-order valence-electron chi connectivity index (χ2n) is 5.12. The molecule has 2 rings (SSSR count). The molecule has 1 aliphatic heterocycles. The lowest BCUT2D eigenvalue weighted by atomic mass is 9.98. The summed E-state index contributed by atoms with van der Waals surface area (Å²) < 4.78 is 1.02. The SMILES string of the molecule is Cc1cc(C(=O)N2CCCCC2CCO)ccc1Br. The van der Waals surface area contributed by atoms with E-state index in [0.717, 1.165) is 41.4 Å². The van der Waals surface area contributed by atoms with Crippen molar-refractivity contribution in [1.29, 1.82) is 0 Å². The third kappa shape index (κ3) is 3.37. The maximum Gasteiger partial charge on any atom is 0.254 e. The Labute approximate surface area is 122 Å². The van der Waals surface area contributed by atoms with Crippen LogP contribution in [0.2, 0.25) is 0 Å². The van der Waals surface area contributed by atoms with Gasteiger partial charge in [0.2, 0.25) is 0 Å². The molecule has 0 saturated carbocycles. The van der Waals surface area contributed by atoms with Crippen LogP contribution in [0.3, 0.4) is 0 Å². The molecule has 1 aliphatic rings. The van der Waals surface area contributed by atoms with Crippen LogP contribution in [0.1, 0.15) is 41.6 Å². The summed E-state index contributed by atoms with van der Waals surface area (Å²) in [5.74, 6) is 0.0914. The van der Waals surface area contributed by atoms with Crippen molar-refractivity contribution in [2.75, 3.05) is 13.2 Å². The van der Waals surface area contributed by atoms with Crippen LogP contribution in [-0.2, 0) is 0 Å². The average Bonchev–Trinajstić information content (AvgIpc) is 2.42. The Balaban J connectivity index is 2.18. The van der Waals surface area contributed by atoms with Crippen molar-refractivity contribution in [2.45, 2.75) is 38.6 Å². The molecule has 1 atom stereocenters. The topological polar surface area (TPSA) is 40.5 Å². The summed E-state index contributed by atoms with van der Waals surface area (Å²) in [5.41, 5.74) is 1.81.